The Kier molecular flexibility index (Phi) is 7.58. The summed E-state index contributed by atoms with van der Waals surface area (Å²) < 4.78 is 0. The molecule has 6 heteroatoms. The van der Waals surface area contributed by atoms with Crippen molar-refractivity contribution in [3.8, 4) is 0 Å². The van der Waals surface area contributed by atoms with Gasteiger partial charge in [0.25, 0.3) is 0 Å². The summed E-state index contributed by atoms with van der Waals surface area (Å²) in [5.74, 6) is 1.64. The molecule has 0 radical (unpaired) electrons. The zero-order chi connectivity index (χ0) is 23.9. The quantitative estimate of drug-likeness (QED) is 0.386. The SMILES string of the molecule is C/C(=C\C=C(/N)c1ccc(C2CCC(CC(=O)O)CC2)cc1)c1n[nH]c(Cc2ccccc2)n1. The van der Waals surface area contributed by atoms with Gasteiger partial charge in [0.1, 0.15) is 5.82 Å². The second-order valence-corrected chi connectivity index (χ2v) is 9.18. The fraction of sp³-hybridized carbons (Fsp3) is 0.321. The number of rotatable bonds is 8. The molecule has 1 aliphatic carbocycles. The molecule has 0 spiro atoms. The highest BCUT2D eigenvalue weighted by Gasteiger charge is 2.23. The molecule has 1 saturated carbocycles. The van der Waals surface area contributed by atoms with Crippen LogP contribution in [0.15, 0.2) is 66.7 Å². The van der Waals surface area contributed by atoms with E-state index < -0.39 is 5.97 Å². The predicted octanol–water partition coefficient (Wildman–Crippen LogP) is 5.55. The molecule has 0 saturated heterocycles. The van der Waals surface area contributed by atoms with Gasteiger partial charge in [0.05, 0.1) is 0 Å². The highest BCUT2D eigenvalue weighted by Crippen LogP contribution is 2.37. The first-order chi connectivity index (χ1) is 16.5. The number of aromatic amines is 1. The smallest absolute Gasteiger partial charge is 0.303 e. The second kappa shape index (κ2) is 11.0. The molecular weight excluding hydrogens is 424 g/mol. The molecule has 34 heavy (non-hydrogen) atoms. The van der Waals surface area contributed by atoms with Crippen molar-refractivity contribution in [3.63, 3.8) is 0 Å². The third-order valence-corrected chi connectivity index (χ3v) is 6.64. The maximum absolute atomic E-state index is 10.9. The van der Waals surface area contributed by atoms with Crippen molar-refractivity contribution in [2.24, 2.45) is 11.7 Å². The first-order valence-corrected chi connectivity index (χ1v) is 11.9. The molecule has 1 aliphatic rings. The van der Waals surface area contributed by atoms with Gasteiger partial charge >= 0.3 is 5.97 Å². The van der Waals surface area contributed by atoms with E-state index in [1.165, 1.54) is 11.1 Å². The minimum Gasteiger partial charge on any atom is -0.481 e. The lowest BCUT2D eigenvalue weighted by molar-refractivity contribution is -0.138. The molecule has 6 nitrogen and oxygen atoms in total. The molecule has 0 amide bonds. The number of hydrogen-bond donors (Lipinski definition) is 3. The third kappa shape index (κ3) is 6.22. The van der Waals surface area contributed by atoms with Gasteiger partial charge in [0.15, 0.2) is 5.82 Å². The summed E-state index contributed by atoms with van der Waals surface area (Å²) in [4.78, 5) is 15.5. The summed E-state index contributed by atoms with van der Waals surface area (Å²) in [6, 6.07) is 18.6. The fourth-order valence-corrected chi connectivity index (χ4v) is 4.62. The Hall–Kier alpha value is -3.67. The third-order valence-electron chi connectivity index (χ3n) is 6.64. The van der Waals surface area contributed by atoms with Crippen LogP contribution >= 0.6 is 0 Å². The summed E-state index contributed by atoms with van der Waals surface area (Å²) in [6.45, 7) is 1.98. The molecular formula is C28H32N4O2. The van der Waals surface area contributed by atoms with Crippen molar-refractivity contribution >= 4 is 17.2 Å². The van der Waals surface area contributed by atoms with Crippen LogP contribution in [0.4, 0.5) is 0 Å². The average molecular weight is 457 g/mol. The van der Waals surface area contributed by atoms with Crippen LogP contribution in [0.1, 0.15) is 73.3 Å². The number of aliphatic carboxylic acids is 1. The van der Waals surface area contributed by atoms with Crippen LogP contribution in [0, 0.1) is 5.92 Å². The van der Waals surface area contributed by atoms with Crippen LogP contribution in [0.3, 0.4) is 0 Å². The number of hydrogen-bond acceptors (Lipinski definition) is 4. The normalized spacial score (nSPS) is 19.2. The van der Waals surface area contributed by atoms with Crippen molar-refractivity contribution in [3.05, 3.63) is 95.1 Å². The Morgan fingerprint density at radius 3 is 2.44 bits per heavy atom. The molecule has 0 atom stereocenters. The highest BCUT2D eigenvalue weighted by molar-refractivity contribution is 5.69. The second-order valence-electron chi connectivity index (χ2n) is 9.18. The lowest BCUT2D eigenvalue weighted by Crippen LogP contribution is -2.16. The topological polar surface area (TPSA) is 105 Å². The number of benzene rings is 2. The number of allylic oxidation sites excluding steroid dienone is 3. The van der Waals surface area contributed by atoms with Gasteiger partial charge in [-0.25, -0.2) is 4.98 Å². The molecule has 1 aromatic heterocycles. The Morgan fingerprint density at radius 2 is 1.76 bits per heavy atom. The predicted molar refractivity (Wildman–Crippen MR) is 135 cm³/mol. The first-order valence-electron chi connectivity index (χ1n) is 11.9. The number of carboxylic acid groups (broad SMARTS) is 1. The lowest BCUT2D eigenvalue weighted by atomic mass is 9.77. The van der Waals surface area contributed by atoms with E-state index in [0.717, 1.165) is 42.6 Å². The van der Waals surface area contributed by atoms with E-state index in [2.05, 4.69) is 51.6 Å². The molecule has 0 unspecified atom stereocenters. The number of aromatic nitrogens is 3. The minimum atomic E-state index is -0.685. The van der Waals surface area contributed by atoms with Crippen LogP contribution in [0.2, 0.25) is 0 Å². The summed E-state index contributed by atoms with van der Waals surface area (Å²) in [5.41, 5.74) is 11.4. The van der Waals surface area contributed by atoms with E-state index in [4.69, 9.17) is 10.8 Å². The number of nitrogens with one attached hydrogen (secondary N) is 1. The highest BCUT2D eigenvalue weighted by atomic mass is 16.4. The van der Waals surface area contributed by atoms with Crippen molar-refractivity contribution in [1.82, 2.24) is 15.2 Å². The molecule has 0 bridgehead atoms. The van der Waals surface area contributed by atoms with Crippen LogP contribution in [-0.4, -0.2) is 26.3 Å². The number of carboxylic acids is 1. The zero-order valence-corrected chi connectivity index (χ0v) is 19.6. The standard InChI is InChI=1S/C28H32N4O2/c1-19(28-30-26(31-32-28)17-20-5-3-2-4-6-20)7-16-25(29)24-14-12-23(13-15-24)22-10-8-21(9-11-22)18-27(33)34/h2-7,12-16,21-22H,8-11,17-18,29H2,1H3,(H,33,34)(H,30,31,32)/b19-7+,25-16-. The van der Waals surface area contributed by atoms with E-state index in [0.29, 0.717) is 36.2 Å². The van der Waals surface area contributed by atoms with Crippen LogP contribution in [0.5, 0.6) is 0 Å². The number of nitrogens with two attached hydrogens (primary N) is 1. The number of nitrogens with zero attached hydrogens (tertiary/aromatic N) is 2. The monoisotopic (exact) mass is 456 g/mol. The first kappa shape index (κ1) is 23.5. The molecule has 176 valence electrons. The van der Waals surface area contributed by atoms with E-state index in [1.54, 1.807) is 0 Å². The van der Waals surface area contributed by atoms with E-state index in [-0.39, 0.29) is 0 Å². The molecule has 1 fully saturated rings. The molecule has 0 aliphatic heterocycles. The number of carbonyl (C=O) groups is 1. The Balaban J connectivity index is 1.35. The largest absolute Gasteiger partial charge is 0.481 e. The Bertz CT molecular complexity index is 1150. The van der Waals surface area contributed by atoms with Crippen LogP contribution in [0.25, 0.3) is 11.3 Å². The zero-order valence-electron chi connectivity index (χ0n) is 19.6. The van der Waals surface area contributed by atoms with E-state index in [1.807, 2.05) is 37.3 Å². The minimum absolute atomic E-state index is 0.294. The average Bonchev–Trinajstić information content (AvgIpc) is 3.32. The Labute approximate surface area is 200 Å². The molecule has 3 aromatic rings. The van der Waals surface area contributed by atoms with Crippen LogP contribution < -0.4 is 5.73 Å². The van der Waals surface area contributed by atoms with Crippen molar-refractivity contribution < 1.29 is 9.90 Å². The Morgan fingerprint density at radius 1 is 1.06 bits per heavy atom. The van der Waals surface area contributed by atoms with Gasteiger partial charge in [-0.2, -0.15) is 5.10 Å². The van der Waals surface area contributed by atoms with Gasteiger partial charge in [-0.3, -0.25) is 9.89 Å². The molecule has 1 heterocycles. The van der Waals surface area contributed by atoms with E-state index >= 15 is 0 Å². The van der Waals surface area contributed by atoms with Crippen molar-refractivity contribution in [2.45, 2.75) is 51.4 Å². The van der Waals surface area contributed by atoms with Crippen LogP contribution in [-0.2, 0) is 11.2 Å². The fourth-order valence-electron chi connectivity index (χ4n) is 4.62. The number of H-pyrrole nitrogens is 1. The van der Waals surface area contributed by atoms with Gasteiger partial charge in [0, 0.05) is 18.5 Å². The van der Waals surface area contributed by atoms with Gasteiger partial charge in [-0.1, -0.05) is 60.7 Å². The molecule has 4 N–H and O–H groups in total. The van der Waals surface area contributed by atoms with E-state index in [9.17, 15) is 4.79 Å². The maximum Gasteiger partial charge on any atom is 0.303 e. The van der Waals surface area contributed by atoms with Gasteiger partial charge < -0.3 is 10.8 Å². The molecule has 4 rings (SSSR count). The van der Waals surface area contributed by atoms with Gasteiger partial charge in [-0.05, 0) is 72.8 Å². The van der Waals surface area contributed by atoms with Crippen molar-refractivity contribution in [1.29, 1.82) is 0 Å². The summed E-state index contributed by atoms with van der Waals surface area (Å²) in [6.07, 6.45) is 8.92. The molecule has 2 aromatic carbocycles. The lowest BCUT2D eigenvalue weighted by Gasteiger charge is -2.28. The van der Waals surface area contributed by atoms with Crippen molar-refractivity contribution in [2.75, 3.05) is 0 Å². The summed E-state index contributed by atoms with van der Waals surface area (Å²) >= 11 is 0. The summed E-state index contributed by atoms with van der Waals surface area (Å²) in [7, 11) is 0. The van der Waals surface area contributed by atoms with Gasteiger partial charge in [-0.15, -0.1) is 0 Å². The summed E-state index contributed by atoms with van der Waals surface area (Å²) in [5, 5.41) is 16.4. The van der Waals surface area contributed by atoms with Gasteiger partial charge in [0.2, 0.25) is 0 Å². The maximum atomic E-state index is 10.9.